The maximum Gasteiger partial charge on any atom is 0.287 e. The van der Waals surface area contributed by atoms with Gasteiger partial charge in [-0.15, -0.1) is 0 Å². The highest BCUT2D eigenvalue weighted by atomic mass is 16.5. The summed E-state index contributed by atoms with van der Waals surface area (Å²) in [7, 11) is 0. The molecule has 1 N–H and O–H groups in total. The lowest BCUT2D eigenvalue weighted by Gasteiger charge is -2.24. The molecule has 2 aromatic rings. The molecule has 0 radical (unpaired) electrons. The van der Waals surface area contributed by atoms with Crippen LogP contribution in [0.5, 0.6) is 5.88 Å². The summed E-state index contributed by atoms with van der Waals surface area (Å²) in [6.07, 6.45) is 2.35. The SMILES string of the molecule is CCNC(=O)c1nc2c(OC3CCN(COC(C)(C)C)C3)ncnc2n1CC. The second kappa shape index (κ2) is 8.40. The third-order valence-electron chi connectivity index (χ3n) is 4.54. The minimum Gasteiger partial charge on any atom is -0.471 e. The first kappa shape index (κ1) is 20.5. The molecule has 9 nitrogen and oxygen atoms in total. The quantitative estimate of drug-likeness (QED) is 0.770. The normalized spacial score (nSPS) is 18.0. The van der Waals surface area contributed by atoms with Crippen molar-refractivity contribution in [1.82, 2.24) is 29.7 Å². The molecule has 0 aromatic carbocycles. The second-order valence-corrected chi connectivity index (χ2v) is 7.88. The molecule has 1 saturated heterocycles. The average molecular weight is 390 g/mol. The summed E-state index contributed by atoms with van der Waals surface area (Å²) in [5.74, 6) is 0.530. The third-order valence-corrected chi connectivity index (χ3v) is 4.54. The van der Waals surface area contributed by atoms with Crippen molar-refractivity contribution in [1.29, 1.82) is 0 Å². The molecule has 0 saturated carbocycles. The van der Waals surface area contributed by atoms with E-state index in [1.165, 1.54) is 6.33 Å². The first-order valence-electron chi connectivity index (χ1n) is 9.84. The minimum atomic E-state index is -0.223. The van der Waals surface area contributed by atoms with Gasteiger partial charge >= 0.3 is 0 Å². The highest BCUT2D eigenvalue weighted by molar-refractivity contribution is 5.94. The number of carbonyl (C=O) groups excluding carboxylic acids is 1. The summed E-state index contributed by atoms with van der Waals surface area (Å²) < 4.78 is 13.8. The Morgan fingerprint density at radius 1 is 1.32 bits per heavy atom. The molecule has 1 amide bonds. The predicted molar refractivity (Wildman–Crippen MR) is 105 cm³/mol. The Hall–Kier alpha value is -2.26. The molecule has 1 aliphatic rings. The van der Waals surface area contributed by atoms with Gasteiger partial charge in [0, 0.05) is 26.2 Å². The summed E-state index contributed by atoms with van der Waals surface area (Å²) in [6, 6.07) is 0. The first-order valence-corrected chi connectivity index (χ1v) is 9.84. The topological polar surface area (TPSA) is 94.4 Å². The number of likely N-dealkylation sites (tertiary alicyclic amines) is 1. The monoisotopic (exact) mass is 390 g/mol. The largest absolute Gasteiger partial charge is 0.471 e. The lowest BCUT2D eigenvalue weighted by atomic mass is 10.2. The molecule has 1 aliphatic heterocycles. The Morgan fingerprint density at radius 2 is 2.11 bits per heavy atom. The van der Waals surface area contributed by atoms with Crippen molar-refractivity contribution >= 4 is 17.1 Å². The van der Waals surface area contributed by atoms with E-state index in [0.717, 1.165) is 19.5 Å². The van der Waals surface area contributed by atoms with E-state index < -0.39 is 0 Å². The van der Waals surface area contributed by atoms with Gasteiger partial charge in [-0.25, -0.2) is 9.97 Å². The van der Waals surface area contributed by atoms with E-state index in [1.54, 1.807) is 4.57 Å². The van der Waals surface area contributed by atoms with E-state index in [9.17, 15) is 4.79 Å². The molecule has 1 atom stereocenters. The Kier molecular flexibility index (Phi) is 6.14. The molecule has 0 aliphatic carbocycles. The lowest BCUT2D eigenvalue weighted by molar-refractivity contribution is -0.0587. The molecular weight excluding hydrogens is 360 g/mol. The molecule has 1 fully saturated rings. The van der Waals surface area contributed by atoms with Gasteiger partial charge in [-0.05, 0) is 41.0 Å². The molecule has 0 bridgehead atoms. The van der Waals surface area contributed by atoms with Crippen molar-refractivity contribution in [2.24, 2.45) is 0 Å². The summed E-state index contributed by atoms with van der Waals surface area (Å²) in [5.41, 5.74) is 0.967. The van der Waals surface area contributed by atoms with E-state index in [0.29, 0.717) is 42.7 Å². The predicted octanol–water partition coefficient (Wildman–Crippen LogP) is 1.82. The van der Waals surface area contributed by atoms with Gasteiger partial charge in [0.05, 0.1) is 12.3 Å². The van der Waals surface area contributed by atoms with Gasteiger partial charge in [-0.2, -0.15) is 4.98 Å². The highest BCUT2D eigenvalue weighted by Gasteiger charge is 2.28. The molecule has 1 unspecified atom stereocenters. The number of carbonyl (C=O) groups is 1. The van der Waals surface area contributed by atoms with Crippen molar-refractivity contribution in [3.05, 3.63) is 12.2 Å². The van der Waals surface area contributed by atoms with E-state index in [4.69, 9.17) is 9.47 Å². The molecule has 3 rings (SSSR count). The number of nitrogens with one attached hydrogen (secondary N) is 1. The number of rotatable bonds is 7. The van der Waals surface area contributed by atoms with E-state index in [2.05, 4.69) is 25.2 Å². The van der Waals surface area contributed by atoms with Crippen LogP contribution in [0.15, 0.2) is 6.33 Å². The fourth-order valence-corrected chi connectivity index (χ4v) is 3.17. The summed E-state index contributed by atoms with van der Waals surface area (Å²) in [4.78, 5) is 27.7. The molecule has 154 valence electrons. The lowest BCUT2D eigenvalue weighted by Crippen LogP contribution is -2.32. The number of nitrogens with zero attached hydrogens (tertiary/aromatic N) is 5. The molecule has 28 heavy (non-hydrogen) atoms. The van der Waals surface area contributed by atoms with Crippen LogP contribution in [0.25, 0.3) is 11.2 Å². The van der Waals surface area contributed by atoms with Crippen LogP contribution in [0, 0.1) is 0 Å². The maximum atomic E-state index is 12.3. The Morgan fingerprint density at radius 3 is 2.79 bits per heavy atom. The summed E-state index contributed by atoms with van der Waals surface area (Å²) in [5, 5.41) is 2.79. The number of imidazole rings is 1. The second-order valence-electron chi connectivity index (χ2n) is 7.88. The van der Waals surface area contributed by atoms with E-state index >= 15 is 0 Å². The van der Waals surface area contributed by atoms with Crippen LogP contribution < -0.4 is 10.1 Å². The van der Waals surface area contributed by atoms with Gasteiger partial charge in [-0.3, -0.25) is 9.69 Å². The molecule has 9 heteroatoms. The number of aryl methyl sites for hydroxylation is 1. The molecule has 3 heterocycles. The molecule has 0 spiro atoms. The minimum absolute atomic E-state index is 0.00126. The molecule has 2 aromatic heterocycles. The van der Waals surface area contributed by atoms with Gasteiger partial charge < -0.3 is 19.4 Å². The van der Waals surface area contributed by atoms with Crippen LogP contribution in [-0.4, -0.2) is 68.4 Å². The van der Waals surface area contributed by atoms with Crippen molar-refractivity contribution in [3.8, 4) is 5.88 Å². The Balaban J connectivity index is 1.76. The van der Waals surface area contributed by atoms with Crippen LogP contribution >= 0.6 is 0 Å². The number of ether oxygens (including phenoxy) is 2. The number of amides is 1. The van der Waals surface area contributed by atoms with Crippen molar-refractivity contribution in [3.63, 3.8) is 0 Å². The number of aromatic nitrogens is 4. The van der Waals surface area contributed by atoms with Gasteiger partial charge in [-0.1, -0.05) is 0 Å². The van der Waals surface area contributed by atoms with Crippen LogP contribution in [-0.2, 0) is 11.3 Å². The first-order chi connectivity index (χ1) is 13.3. The maximum absolute atomic E-state index is 12.3. The zero-order valence-corrected chi connectivity index (χ0v) is 17.4. The fraction of sp³-hybridized carbons (Fsp3) is 0.684. The Labute approximate surface area is 165 Å². The molecular formula is C19H30N6O3. The average Bonchev–Trinajstić information content (AvgIpc) is 3.24. The van der Waals surface area contributed by atoms with Crippen LogP contribution in [0.4, 0.5) is 0 Å². The van der Waals surface area contributed by atoms with Crippen LogP contribution in [0.1, 0.15) is 51.7 Å². The number of hydrogen-bond donors (Lipinski definition) is 1. The van der Waals surface area contributed by atoms with E-state index in [-0.39, 0.29) is 17.6 Å². The van der Waals surface area contributed by atoms with Crippen molar-refractivity contribution in [2.75, 3.05) is 26.4 Å². The zero-order chi connectivity index (χ0) is 20.3. The summed E-state index contributed by atoms with van der Waals surface area (Å²) in [6.45, 7) is 13.3. The highest BCUT2D eigenvalue weighted by Crippen LogP contribution is 2.25. The van der Waals surface area contributed by atoms with Crippen molar-refractivity contribution in [2.45, 2.75) is 59.3 Å². The van der Waals surface area contributed by atoms with Crippen LogP contribution in [0.3, 0.4) is 0 Å². The summed E-state index contributed by atoms with van der Waals surface area (Å²) >= 11 is 0. The number of fused-ring (bicyclic) bond motifs is 1. The smallest absolute Gasteiger partial charge is 0.287 e. The van der Waals surface area contributed by atoms with E-state index in [1.807, 2.05) is 34.6 Å². The van der Waals surface area contributed by atoms with Crippen LogP contribution in [0.2, 0.25) is 0 Å². The fourth-order valence-electron chi connectivity index (χ4n) is 3.17. The van der Waals surface area contributed by atoms with Crippen molar-refractivity contribution < 1.29 is 14.3 Å². The third kappa shape index (κ3) is 4.59. The Bertz CT molecular complexity index is 829. The van der Waals surface area contributed by atoms with Gasteiger partial charge in [0.2, 0.25) is 11.7 Å². The van der Waals surface area contributed by atoms with Gasteiger partial charge in [0.1, 0.15) is 12.4 Å². The van der Waals surface area contributed by atoms with Gasteiger partial charge in [0.25, 0.3) is 5.91 Å². The standard InChI is InChI=1S/C19H30N6O3/c1-6-20-17(26)16-23-14-15(25(16)7-2)21-11-22-18(14)28-13-8-9-24(10-13)12-27-19(3,4)5/h11,13H,6-10,12H2,1-5H3,(H,20,26). The zero-order valence-electron chi connectivity index (χ0n) is 17.4. The van der Waals surface area contributed by atoms with Gasteiger partial charge in [0.15, 0.2) is 11.2 Å². The number of hydrogen-bond acceptors (Lipinski definition) is 7.